The second kappa shape index (κ2) is 3.42. The predicted molar refractivity (Wildman–Crippen MR) is 45.2 cm³/mol. The van der Waals surface area contributed by atoms with Gasteiger partial charge in [-0.2, -0.15) is 0 Å². The van der Waals surface area contributed by atoms with E-state index in [1.165, 1.54) is 0 Å². The van der Waals surface area contributed by atoms with E-state index in [4.69, 9.17) is 11.5 Å². The summed E-state index contributed by atoms with van der Waals surface area (Å²) in [5, 5.41) is 2.28. The zero-order valence-corrected chi connectivity index (χ0v) is 7.55. The largest absolute Gasteiger partial charge is 0.368 e. The molecule has 5 N–H and O–H groups in total. The first-order chi connectivity index (χ1) is 5.25. The Kier molecular flexibility index (Phi) is 3.06. The molecule has 1 atom stereocenters. The Balaban J connectivity index is 4.46. The Morgan fingerprint density at radius 2 is 1.67 bits per heavy atom. The third-order valence-electron chi connectivity index (χ3n) is 1.44. The van der Waals surface area contributed by atoms with E-state index in [2.05, 4.69) is 5.32 Å². The summed E-state index contributed by atoms with van der Waals surface area (Å²) >= 11 is 0. The molecule has 0 aromatic carbocycles. The molecule has 0 bridgehead atoms. The standard InChI is InChI=1S/C7H15N3O2/c1-7(2,3)4(5(8)11)10-6(9)12/h4H,1-3H3,(H2,8,11)(H3,9,10,12)/t4-/m1/s1. The summed E-state index contributed by atoms with van der Waals surface area (Å²) in [5.41, 5.74) is 9.52. The van der Waals surface area contributed by atoms with Gasteiger partial charge in [-0.05, 0) is 5.41 Å². The van der Waals surface area contributed by atoms with Crippen molar-refractivity contribution in [2.24, 2.45) is 16.9 Å². The summed E-state index contributed by atoms with van der Waals surface area (Å²) < 4.78 is 0. The highest BCUT2D eigenvalue weighted by Gasteiger charge is 2.30. The lowest BCUT2D eigenvalue weighted by Crippen LogP contribution is -2.53. The topological polar surface area (TPSA) is 98.2 Å². The average molecular weight is 173 g/mol. The number of carbonyl (C=O) groups excluding carboxylic acids is 2. The van der Waals surface area contributed by atoms with Crippen molar-refractivity contribution >= 4 is 11.9 Å². The Morgan fingerprint density at radius 3 is 1.75 bits per heavy atom. The molecule has 0 aliphatic carbocycles. The number of rotatable bonds is 2. The first kappa shape index (κ1) is 10.7. The van der Waals surface area contributed by atoms with Crippen LogP contribution in [0.15, 0.2) is 0 Å². The summed E-state index contributed by atoms with van der Waals surface area (Å²) in [6.07, 6.45) is 0. The van der Waals surface area contributed by atoms with E-state index in [0.29, 0.717) is 0 Å². The minimum Gasteiger partial charge on any atom is -0.368 e. The van der Waals surface area contributed by atoms with E-state index < -0.39 is 23.4 Å². The quantitative estimate of drug-likeness (QED) is 0.527. The number of amides is 3. The number of nitrogens with two attached hydrogens (primary N) is 2. The Bertz CT molecular complexity index is 195. The molecule has 0 radical (unpaired) electrons. The number of nitrogens with one attached hydrogen (secondary N) is 1. The average Bonchev–Trinajstić information content (AvgIpc) is 1.79. The molecule has 0 saturated heterocycles. The molecule has 5 heteroatoms. The zero-order chi connectivity index (χ0) is 9.94. The van der Waals surface area contributed by atoms with Crippen LogP contribution < -0.4 is 16.8 Å². The van der Waals surface area contributed by atoms with E-state index in [-0.39, 0.29) is 0 Å². The van der Waals surface area contributed by atoms with E-state index in [1.54, 1.807) is 20.8 Å². The molecule has 70 valence electrons. The number of carbonyl (C=O) groups is 2. The van der Waals surface area contributed by atoms with Crippen LogP contribution in [0.5, 0.6) is 0 Å². The van der Waals surface area contributed by atoms with Gasteiger partial charge in [0.1, 0.15) is 6.04 Å². The third kappa shape index (κ3) is 3.23. The number of hydrogen-bond donors (Lipinski definition) is 3. The molecule has 0 fully saturated rings. The highest BCUT2D eigenvalue weighted by atomic mass is 16.2. The van der Waals surface area contributed by atoms with Crippen LogP contribution in [-0.4, -0.2) is 18.0 Å². The van der Waals surface area contributed by atoms with E-state index in [9.17, 15) is 9.59 Å². The molecule has 0 heterocycles. The summed E-state index contributed by atoms with van der Waals surface area (Å²) in [4.78, 5) is 21.3. The maximum Gasteiger partial charge on any atom is 0.312 e. The number of primary amides is 2. The van der Waals surface area contributed by atoms with Gasteiger partial charge >= 0.3 is 6.03 Å². The van der Waals surface area contributed by atoms with Crippen molar-refractivity contribution < 1.29 is 9.59 Å². The molecular weight excluding hydrogens is 158 g/mol. The van der Waals surface area contributed by atoms with Gasteiger partial charge in [-0.3, -0.25) is 4.79 Å². The van der Waals surface area contributed by atoms with Gasteiger partial charge in [0.15, 0.2) is 0 Å². The minimum absolute atomic E-state index is 0.416. The summed E-state index contributed by atoms with van der Waals surface area (Å²) in [6, 6.07) is -1.47. The minimum atomic E-state index is -0.742. The van der Waals surface area contributed by atoms with Crippen LogP contribution in [0.2, 0.25) is 0 Å². The molecule has 5 nitrogen and oxygen atoms in total. The van der Waals surface area contributed by atoms with Crippen molar-refractivity contribution in [2.75, 3.05) is 0 Å². The monoisotopic (exact) mass is 173 g/mol. The Labute approximate surface area is 71.5 Å². The van der Waals surface area contributed by atoms with Gasteiger partial charge in [0.2, 0.25) is 5.91 Å². The van der Waals surface area contributed by atoms with Crippen LogP contribution in [0, 0.1) is 5.41 Å². The van der Waals surface area contributed by atoms with Crippen molar-refractivity contribution in [3.63, 3.8) is 0 Å². The molecule has 0 saturated carbocycles. The van der Waals surface area contributed by atoms with Crippen molar-refractivity contribution in [1.29, 1.82) is 0 Å². The third-order valence-corrected chi connectivity index (χ3v) is 1.44. The molecule has 0 unspecified atom stereocenters. The SMILES string of the molecule is CC(C)(C)[C@H](NC(N)=O)C(N)=O. The second-order valence-electron chi connectivity index (χ2n) is 3.71. The lowest BCUT2D eigenvalue weighted by molar-refractivity contribution is -0.122. The van der Waals surface area contributed by atoms with Crippen molar-refractivity contribution in [1.82, 2.24) is 5.32 Å². The normalized spacial score (nSPS) is 13.6. The lowest BCUT2D eigenvalue weighted by Gasteiger charge is -2.27. The lowest BCUT2D eigenvalue weighted by atomic mass is 9.86. The first-order valence-corrected chi connectivity index (χ1v) is 3.60. The van der Waals surface area contributed by atoms with Crippen LogP contribution >= 0.6 is 0 Å². The van der Waals surface area contributed by atoms with Crippen LogP contribution in [0.25, 0.3) is 0 Å². The van der Waals surface area contributed by atoms with Crippen LogP contribution in [0.4, 0.5) is 4.79 Å². The molecule has 0 rings (SSSR count). The van der Waals surface area contributed by atoms with E-state index >= 15 is 0 Å². The van der Waals surface area contributed by atoms with Crippen molar-refractivity contribution in [2.45, 2.75) is 26.8 Å². The van der Waals surface area contributed by atoms with Gasteiger partial charge < -0.3 is 16.8 Å². The van der Waals surface area contributed by atoms with Crippen LogP contribution in [0.3, 0.4) is 0 Å². The van der Waals surface area contributed by atoms with E-state index in [1.807, 2.05) is 0 Å². The Hall–Kier alpha value is -1.26. The second-order valence-corrected chi connectivity index (χ2v) is 3.71. The predicted octanol–water partition coefficient (Wildman–Crippen LogP) is -0.445. The molecular formula is C7H15N3O2. The van der Waals surface area contributed by atoms with Gasteiger partial charge in [-0.25, -0.2) is 4.79 Å². The molecule has 0 aliphatic rings. The van der Waals surface area contributed by atoms with Gasteiger partial charge in [-0.1, -0.05) is 20.8 Å². The smallest absolute Gasteiger partial charge is 0.312 e. The molecule has 0 aliphatic heterocycles. The molecule has 0 spiro atoms. The van der Waals surface area contributed by atoms with Gasteiger partial charge in [0.05, 0.1) is 0 Å². The van der Waals surface area contributed by atoms with Crippen LogP contribution in [-0.2, 0) is 4.79 Å². The fourth-order valence-electron chi connectivity index (χ4n) is 0.857. The van der Waals surface area contributed by atoms with Crippen molar-refractivity contribution in [3.05, 3.63) is 0 Å². The summed E-state index contributed by atoms with van der Waals surface area (Å²) in [5.74, 6) is -0.582. The number of hydrogen-bond acceptors (Lipinski definition) is 2. The van der Waals surface area contributed by atoms with Crippen LogP contribution in [0.1, 0.15) is 20.8 Å². The van der Waals surface area contributed by atoms with Gasteiger partial charge in [0, 0.05) is 0 Å². The molecule has 0 aromatic heterocycles. The highest BCUT2D eigenvalue weighted by Crippen LogP contribution is 2.18. The fourth-order valence-corrected chi connectivity index (χ4v) is 0.857. The number of urea groups is 1. The molecule has 3 amide bonds. The van der Waals surface area contributed by atoms with Crippen molar-refractivity contribution in [3.8, 4) is 0 Å². The Morgan fingerprint density at radius 1 is 1.25 bits per heavy atom. The summed E-state index contributed by atoms with van der Waals surface area (Å²) in [7, 11) is 0. The molecule has 12 heavy (non-hydrogen) atoms. The molecule has 0 aromatic rings. The zero-order valence-electron chi connectivity index (χ0n) is 7.55. The van der Waals surface area contributed by atoms with Gasteiger partial charge in [-0.15, -0.1) is 0 Å². The van der Waals surface area contributed by atoms with Gasteiger partial charge in [0.25, 0.3) is 0 Å². The van der Waals surface area contributed by atoms with E-state index in [0.717, 1.165) is 0 Å². The maximum absolute atomic E-state index is 10.8. The highest BCUT2D eigenvalue weighted by molar-refractivity contribution is 5.85. The fraction of sp³-hybridized carbons (Fsp3) is 0.714. The maximum atomic E-state index is 10.8. The summed E-state index contributed by atoms with van der Waals surface area (Å²) in [6.45, 7) is 5.37. The first-order valence-electron chi connectivity index (χ1n) is 3.60.